The van der Waals surface area contributed by atoms with Crippen molar-refractivity contribution in [2.75, 3.05) is 6.54 Å². The summed E-state index contributed by atoms with van der Waals surface area (Å²) < 4.78 is 11.0. The van der Waals surface area contributed by atoms with Crippen molar-refractivity contribution in [3.63, 3.8) is 0 Å². The molecule has 1 aromatic carbocycles. The molecule has 1 aliphatic heterocycles. The fourth-order valence-corrected chi connectivity index (χ4v) is 2.22. The summed E-state index contributed by atoms with van der Waals surface area (Å²) in [5, 5.41) is 3.32. The van der Waals surface area contributed by atoms with E-state index in [0.29, 0.717) is 19.1 Å². The number of benzene rings is 1. The minimum Gasteiger partial charge on any atom is -0.444 e. The van der Waals surface area contributed by atoms with Crippen molar-refractivity contribution in [1.29, 1.82) is 0 Å². The zero-order valence-electron chi connectivity index (χ0n) is 11.1. The van der Waals surface area contributed by atoms with E-state index < -0.39 is 0 Å². The van der Waals surface area contributed by atoms with Crippen LogP contribution in [0.15, 0.2) is 28.9 Å². The Morgan fingerprint density at radius 1 is 1.26 bits per heavy atom. The molecular formula is C15H18N2O2. The highest BCUT2D eigenvalue weighted by molar-refractivity contribution is 5.56. The minimum absolute atomic E-state index is 0.683. The van der Waals surface area contributed by atoms with Gasteiger partial charge in [0.15, 0.2) is 0 Å². The van der Waals surface area contributed by atoms with E-state index in [2.05, 4.69) is 29.4 Å². The van der Waals surface area contributed by atoms with Crippen LogP contribution in [0.25, 0.3) is 11.5 Å². The molecule has 2 aromatic rings. The van der Waals surface area contributed by atoms with E-state index in [1.807, 2.05) is 6.07 Å². The molecule has 0 atom stereocenters. The highest BCUT2D eigenvalue weighted by Gasteiger charge is 2.14. The van der Waals surface area contributed by atoms with Crippen molar-refractivity contribution in [3.8, 4) is 11.5 Å². The maximum Gasteiger partial charge on any atom is 0.226 e. The quantitative estimate of drug-likeness (QED) is 0.838. The zero-order valence-corrected chi connectivity index (χ0v) is 11.1. The van der Waals surface area contributed by atoms with E-state index in [4.69, 9.17) is 9.15 Å². The van der Waals surface area contributed by atoms with Gasteiger partial charge < -0.3 is 14.5 Å². The first-order valence-electron chi connectivity index (χ1n) is 6.72. The van der Waals surface area contributed by atoms with Gasteiger partial charge in [0, 0.05) is 12.1 Å². The van der Waals surface area contributed by atoms with Gasteiger partial charge in [-0.3, -0.25) is 0 Å². The lowest BCUT2D eigenvalue weighted by Gasteiger charge is -2.00. The van der Waals surface area contributed by atoms with Crippen LogP contribution in [0.4, 0.5) is 0 Å². The number of fused-ring (bicyclic) bond motifs is 1. The fourth-order valence-electron chi connectivity index (χ4n) is 2.22. The molecule has 0 saturated carbocycles. The largest absolute Gasteiger partial charge is 0.444 e. The van der Waals surface area contributed by atoms with Gasteiger partial charge >= 0.3 is 0 Å². The molecule has 0 spiro atoms. The van der Waals surface area contributed by atoms with Gasteiger partial charge in [-0.25, -0.2) is 4.98 Å². The molecule has 0 saturated heterocycles. The molecule has 2 heterocycles. The molecule has 3 rings (SSSR count). The number of aromatic nitrogens is 1. The first kappa shape index (κ1) is 12.4. The first-order valence-corrected chi connectivity index (χ1v) is 6.72. The molecule has 0 unspecified atom stereocenters. The maximum absolute atomic E-state index is 5.55. The van der Waals surface area contributed by atoms with E-state index in [9.17, 15) is 0 Å². The molecule has 1 aliphatic rings. The molecule has 19 heavy (non-hydrogen) atoms. The number of nitrogens with zero attached hydrogens (tertiary/aromatic N) is 1. The average Bonchev–Trinajstić information content (AvgIpc) is 3.06. The maximum atomic E-state index is 5.55. The predicted molar refractivity (Wildman–Crippen MR) is 72.4 cm³/mol. The Balaban J connectivity index is 1.75. The highest BCUT2D eigenvalue weighted by atomic mass is 16.5. The van der Waals surface area contributed by atoms with E-state index in [-0.39, 0.29) is 0 Å². The second kappa shape index (κ2) is 5.55. The molecule has 0 amide bonds. The molecule has 0 bridgehead atoms. The minimum atomic E-state index is 0.683. The van der Waals surface area contributed by atoms with Gasteiger partial charge in [-0.05, 0) is 36.2 Å². The molecule has 4 nitrogen and oxygen atoms in total. The van der Waals surface area contributed by atoms with Crippen LogP contribution in [0.1, 0.15) is 30.2 Å². The molecule has 0 fully saturated rings. The Morgan fingerprint density at radius 3 is 3.05 bits per heavy atom. The van der Waals surface area contributed by atoms with Crippen LogP contribution in [0.2, 0.25) is 0 Å². The van der Waals surface area contributed by atoms with E-state index in [0.717, 1.165) is 30.8 Å². The summed E-state index contributed by atoms with van der Waals surface area (Å²) in [7, 11) is 0. The summed E-state index contributed by atoms with van der Waals surface area (Å²) >= 11 is 0. The Hall–Kier alpha value is -1.65. The van der Waals surface area contributed by atoms with Gasteiger partial charge in [0.2, 0.25) is 5.89 Å². The number of ether oxygens (including phenoxy) is 1. The van der Waals surface area contributed by atoms with Crippen LogP contribution in [0.3, 0.4) is 0 Å². The third kappa shape index (κ3) is 2.69. The van der Waals surface area contributed by atoms with Crippen molar-refractivity contribution in [2.24, 2.45) is 0 Å². The third-order valence-corrected chi connectivity index (χ3v) is 3.25. The SMILES string of the molecule is CCCNCc1coc(-c2ccc3c(c2)COC3)n1. The lowest BCUT2D eigenvalue weighted by atomic mass is 10.1. The second-order valence-electron chi connectivity index (χ2n) is 4.80. The summed E-state index contributed by atoms with van der Waals surface area (Å²) in [5.74, 6) is 0.683. The van der Waals surface area contributed by atoms with Gasteiger partial charge in [0.05, 0.1) is 18.9 Å². The number of hydrogen-bond donors (Lipinski definition) is 1. The summed E-state index contributed by atoms with van der Waals surface area (Å²) in [6, 6.07) is 6.25. The van der Waals surface area contributed by atoms with Crippen LogP contribution in [0, 0.1) is 0 Å². The van der Waals surface area contributed by atoms with E-state index >= 15 is 0 Å². The molecule has 4 heteroatoms. The van der Waals surface area contributed by atoms with Gasteiger partial charge in [-0.2, -0.15) is 0 Å². The van der Waals surface area contributed by atoms with Crippen LogP contribution in [0.5, 0.6) is 0 Å². The van der Waals surface area contributed by atoms with Crippen LogP contribution < -0.4 is 5.32 Å². The number of rotatable bonds is 5. The van der Waals surface area contributed by atoms with Gasteiger partial charge in [0.25, 0.3) is 0 Å². The fraction of sp³-hybridized carbons (Fsp3) is 0.400. The summed E-state index contributed by atoms with van der Waals surface area (Å²) in [6.07, 6.45) is 2.84. The van der Waals surface area contributed by atoms with Crippen molar-refractivity contribution >= 4 is 0 Å². The van der Waals surface area contributed by atoms with Crippen LogP contribution in [-0.4, -0.2) is 11.5 Å². The summed E-state index contributed by atoms with van der Waals surface area (Å²) in [5.41, 5.74) is 4.47. The lowest BCUT2D eigenvalue weighted by molar-refractivity contribution is 0.134. The highest BCUT2D eigenvalue weighted by Crippen LogP contribution is 2.26. The molecule has 1 aromatic heterocycles. The number of oxazole rings is 1. The van der Waals surface area contributed by atoms with E-state index in [1.54, 1.807) is 6.26 Å². The van der Waals surface area contributed by atoms with Crippen LogP contribution >= 0.6 is 0 Å². The standard InChI is InChI=1S/C15H18N2O2/c1-2-5-16-7-14-10-19-15(17-14)11-3-4-12-8-18-9-13(12)6-11/h3-4,6,10,16H,2,5,7-9H2,1H3. The molecular weight excluding hydrogens is 240 g/mol. The van der Waals surface area contributed by atoms with Gasteiger partial charge in [-0.15, -0.1) is 0 Å². The van der Waals surface area contributed by atoms with Gasteiger partial charge in [-0.1, -0.05) is 13.0 Å². The van der Waals surface area contributed by atoms with Crippen molar-refractivity contribution < 1.29 is 9.15 Å². The predicted octanol–water partition coefficient (Wildman–Crippen LogP) is 2.87. The summed E-state index contributed by atoms with van der Waals surface area (Å²) in [4.78, 5) is 4.51. The first-order chi connectivity index (χ1) is 9.36. The van der Waals surface area contributed by atoms with Crippen molar-refractivity contribution in [3.05, 3.63) is 41.3 Å². The Kier molecular flexibility index (Phi) is 3.62. The smallest absolute Gasteiger partial charge is 0.226 e. The Bertz CT molecular complexity index is 563. The molecule has 1 N–H and O–H groups in total. The monoisotopic (exact) mass is 258 g/mol. The normalized spacial score (nSPS) is 13.7. The Labute approximate surface area is 112 Å². The zero-order chi connectivity index (χ0) is 13.1. The average molecular weight is 258 g/mol. The summed E-state index contributed by atoms with van der Waals surface area (Å²) in [6.45, 7) is 5.31. The van der Waals surface area contributed by atoms with Crippen molar-refractivity contribution in [2.45, 2.75) is 33.1 Å². The van der Waals surface area contributed by atoms with Gasteiger partial charge in [0.1, 0.15) is 6.26 Å². The topological polar surface area (TPSA) is 47.3 Å². The van der Waals surface area contributed by atoms with E-state index in [1.165, 1.54) is 11.1 Å². The lowest BCUT2D eigenvalue weighted by Crippen LogP contribution is -2.13. The molecule has 0 radical (unpaired) electrons. The van der Waals surface area contributed by atoms with Crippen molar-refractivity contribution in [1.82, 2.24) is 10.3 Å². The molecule has 0 aliphatic carbocycles. The third-order valence-electron chi connectivity index (χ3n) is 3.25. The van der Waals surface area contributed by atoms with Crippen LogP contribution in [-0.2, 0) is 24.5 Å². The second-order valence-corrected chi connectivity index (χ2v) is 4.80. The number of nitrogens with one attached hydrogen (secondary N) is 1. The number of hydrogen-bond acceptors (Lipinski definition) is 4. The Morgan fingerprint density at radius 2 is 2.16 bits per heavy atom. The molecule has 100 valence electrons.